The molecule has 3 rings (SSSR count). The average molecular weight is 308 g/mol. The average Bonchev–Trinajstić information content (AvgIpc) is 2.84. The number of nitrogens with zero attached hydrogens (tertiary/aromatic N) is 1. The molecule has 0 saturated carbocycles. The molecule has 1 saturated heterocycles. The van der Waals surface area contributed by atoms with E-state index < -0.39 is 0 Å². The van der Waals surface area contributed by atoms with Crippen LogP contribution in [-0.4, -0.2) is 28.7 Å². The Morgan fingerprint density at radius 3 is 2.89 bits per heavy atom. The summed E-state index contributed by atoms with van der Waals surface area (Å²) in [6.07, 6.45) is 4.36. The number of benzene rings is 1. The van der Waals surface area contributed by atoms with Gasteiger partial charge in [0, 0.05) is 17.9 Å². The minimum Gasteiger partial charge on any atom is -0.341 e. The van der Waals surface area contributed by atoms with Gasteiger partial charge in [0.25, 0.3) is 0 Å². The van der Waals surface area contributed by atoms with Crippen molar-refractivity contribution >= 4 is 21.8 Å². The van der Waals surface area contributed by atoms with E-state index in [2.05, 4.69) is 40.2 Å². The Morgan fingerprint density at radius 1 is 1.28 bits per heavy atom. The number of hydrogen-bond donors (Lipinski definition) is 0. The van der Waals surface area contributed by atoms with E-state index in [1.165, 1.54) is 11.1 Å². The summed E-state index contributed by atoms with van der Waals surface area (Å²) in [4.78, 5) is 15.1. The molecule has 1 aliphatic heterocycles. The van der Waals surface area contributed by atoms with E-state index in [0.717, 1.165) is 38.8 Å². The summed E-state index contributed by atoms with van der Waals surface area (Å²) < 4.78 is 0. The molecule has 1 fully saturated rings. The third-order valence-corrected chi connectivity index (χ3v) is 4.86. The molecule has 2 nitrogen and oxygen atoms in total. The SMILES string of the molecule is O=C(C1CCCc2ccccc21)N1CCC(Br)C1. The number of alkyl halides is 1. The molecule has 18 heavy (non-hydrogen) atoms. The fraction of sp³-hybridized carbons (Fsp3) is 0.533. The lowest BCUT2D eigenvalue weighted by molar-refractivity contribution is -0.132. The molecule has 3 heteroatoms. The Balaban J connectivity index is 1.83. The number of amides is 1. The van der Waals surface area contributed by atoms with Gasteiger partial charge in [-0.1, -0.05) is 40.2 Å². The molecular weight excluding hydrogens is 290 g/mol. The number of carbonyl (C=O) groups excluding carboxylic acids is 1. The second-order valence-corrected chi connectivity index (χ2v) is 6.61. The second-order valence-electron chi connectivity index (χ2n) is 5.31. The summed E-state index contributed by atoms with van der Waals surface area (Å²) in [5, 5.41) is 0. The number of hydrogen-bond acceptors (Lipinski definition) is 1. The lowest BCUT2D eigenvalue weighted by atomic mass is 9.82. The first kappa shape index (κ1) is 12.2. The second kappa shape index (κ2) is 5.04. The largest absolute Gasteiger partial charge is 0.341 e. The van der Waals surface area contributed by atoms with Gasteiger partial charge in [-0.05, 0) is 36.8 Å². The van der Waals surface area contributed by atoms with Crippen LogP contribution in [0.5, 0.6) is 0 Å². The highest BCUT2D eigenvalue weighted by Crippen LogP contribution is 2.34. The van der Waals surface area contributed by atoms with Crippen LogP contribution in [0, 0.1) is 0 Å². The molecule has 1 aliphatic carbocycles. The van der Waals surface area contributed by atoms with Gasteiger partial charge in [0.1, 0.15) is 0 Å². The fourth-order valence-corrected chi connectivity index (χ4v) is 3.70. The molecule has 2 unspecified atom stereocenters. The zero-order valence-electron chi connectivity index (χ0n) is 10.4. The van der Waals surface area contributed by atoms with Crippen LogP contribution in [0.1, 0.15) is 36.3 Å². The molecule has 0 spiro atoms. The Kier molecular flexibility index (Phi) is 3.42. The summed E-state index contributed by atoms with van der Waals surface area (Å²) in [6.45, 7) is 1.78. The van der Waals surface area contributed by atoms with Crippen molar-refractivity contribution in [1.82, 2.24) is 4.90 Å². The van der Waals surface area contributed by atoms with Gasteiger partial charge in [0.2, 0.25) is 5.91 Å². The Hall–Kier alpha value is -0.830. The standard InChI is InChI=1S/C15H18BrNO/c16-12-8-9-17(10-12)15(18)14-7-3-5-11-4-1-2-6-13(11)14/h1-2,4,6,12,14H,3,5,7-10H2. The first-order valence-electron chi connectivity index (χ1n) is 6.76. The monoisotopic (exact) mass is 307 g/mol. The maximum Gasteiger partial charge on any atom is 0.230 e. The molecule has 0 aromatic heterocycles. The zero-order valence-corrected chi connectivity index (χ0v) is 12.0. The van der Waals surface area contributed by atoms with E-state index in [4.69, 9.17) is 0 Å². The van der Waals surface area contributed by atoms with E-state index in [-0.39, 0.29) is 5.92 Å². The van der Waals surface area contributed by atoms with Gasteiger partial charge in [-0.3, -0.25) is 4.79 Å². The third-order valence-electron chi connectivity index (χ3n) is 4.11. The van der Waals surface area contributed by atoms with Crippen molar-refractivity contribution in [1.29, 1.82) is 0 Å². The fourth-order valence-electron chi connectivity index (χ4n) is 3.15. The number of carbonyl (C=O) groups is 1. The van der Waals surface area contributed by atoms with Crippen molar-refractivity contribution < 1.29 is 4.79 Å². The maximum atomic E-state index is 12.6. The maximum absolute atomic E-state index is 12.6. The summed E-state index contributed by atoms with van der Waals surface area (Å²) in [6, 6.07) is 8.45. The predicted octanol–water partition coefficient (Wildman–Crippen LogP) is 3.10. The Bertz CT molecular complexity index is 460. The summed E-state index contributed by atoms with van der Waals surface area (Å²) in [7, 11) is 0. The quantitative estimate of drug-likeness (QED) is 0.730. The van der Waals surface area contributed by atoms with Gasteiger partial charge in [-0.2, -0.15) is 0 Å². The molecule has 1 amide bonds. The van der Waals surface area contributed by atoms with Crippen molar-refractivity contribution in [3.63, 3.8) is 0 Å². The van der Waals surface area contributed by atoms with Crippen LogP contribution in [0.3, 0.4) is 0 Å². The van der Waals surface area contributed by atoms with Crippen LogP contribution in [0.2, 0.25) is 0 Å². The van der Waals surface area contributed by atoms with Crippen LogP contribution in [-0.2, 0) is 11.2 Å². The molecule has 1 aromatic carbocycles. The molecule has 1 heterocycles. The van der Waals surface area contributed by atoms with Crippen molar-refractivity contribution in [2.45, 2.75) is 36.4 Å². The van der Waals surface area contributed by atoms with Gasteiger partial charge >= 0.3 is 0 Å². The number of fused-ring (bicyclic) bond motifs is 1. The molecular formula is C15H18BrNO. The van der Waals surface area contributed by atoms with E-state index in [9.17, 15) is 4.79 Å². The van der Waals surface area contributed by atoms with Crippen LogP contribution in [0.25, 0.3) is 0 Å². The van der Waals surface area contributed by atoms with E-state index >= 15 is 0 Å². The molecule has 0 N–H and O–H groups in total. The van der Waals surface area contributed by atoms with Crippen LogP contribution < -0.4 is 0 Å². The number of aryl methyl sites for hydroxylation is 1. The molecule has 1 aromatic rings. The first-order valence-corrected chi connectivity index (χ1v) is 7.68. The van der Waals surface area contributed by atoms with Gasteiger partial charge in [-0.15, -0.1) is 0 Å². The van der Waals surface area contributed by atoms with Crippen LogP contribution >= 0.6 is 15.9 Å². The van der Waals surface area contributed by atoms with Gasteiger partial charge in [0.15, 0.2) is 0 Å². The number of halogens is 1. The highest BCUT2D eigenvalue weighted by molar-refractivity contribution is 9.09. The first-order chi connectivity index (χ1) is 8.75. The highest BCUT2D eigenvalue weighted by Gasteiger charge is 2.32. The normalized spacial score (nSPS) is 27.1. The zero-order chi connectivity index (χ0) is 12.5. The van der Waals surface area contributed by atoms with Gasteiger partial charge < -0.3 is 4.90 Å². The summed E-state index contributed by atoms with van der Waals surface area (Å²) >= 11 is 3.61. The topological polar surface area (TPSA) is 20.3 Å². The summed E-state index contributed by atoms with van der Waals surface area (Å²) in [5.41, 5.74) is 2.64. The Labute approximate surface area is 116 Å². The molecule has 0 radical (unpaired) electrons. The van der Waals surface area contributed by atoms with Gasteiger partial charge in [0.05, 0.1) is 5.92 Å². The number of likely N-dealkylation sites (tertiary alicyclic amines) is 1. The summed E-state index contributed by atoms with van der Waals surface area (Å²) in [5.74, 6) is 0.442. The number of rotatable bonds is 1. The van der Waals surface area contributed by atoms with E-state index in [1.54, 1.807) is 0 Å². The molecule has 2 aliphatic rings. The predicted molar refractivity (Wildman–Crippen MR) is 76.0 cm³/mol. The highest BCUT2D eigenvalue weighted by atomic mass is 79.9. The van der Waals surface area contributed by atoms with Crippen molar-refractivity contribution in [3.8, 4) is 0 Å². The van der Waals surface area contributed by atoms with E-state index in [1.807, 2.05) is 4.90 Å². The van der Waals surface area contributed by atoms with Crippen LogP contribution in [0.4, 0.5) is 0 Å². The van der Waals surface area contributed by atoms with Crippen LogP contribution in [0.15, 0.2) is 24.3 Å². The lowest BCUT2D eigenvalue weighted by Gasteiger charge is -2.28. The van der Waals surface area contributed by atoms with Crippen molar-refractivity contribution in [3.05, 3.63) is 35.4 Å². The molecule has 96 valence electrons. The third kappa shape index (κ3) is 2.20. The van der Waals surface area contributed by atoms with Crippen molar-refractivity contribution in [2.75, 3.05) is 13.1 Å². The smallest absolute Gasteiger partial charge is 0.230 e. The van der Waals surface area contributed by atoms with Crippen molar-refractivity contribution in [2.24, 2.45) is 0 Å². The molecule has 2 atom stereocenters. The van der Waals surface area contributed by atoms with E-state index in [0.29, 0.717) is 10.7 Å². The lowest BCUT2D eigenvalue weighted by Crippen LogP contribution is -2.34. The molecule has 0 bridgehead atoms. The van der Waals surface area contributed by atoms with Gasteiger partial charge in [-0.25, -0.2) is 0 Å². The Morgan fingerprint density at radius 2 is 2.11 bits per heavy atom. The minimum atomic E-state index is 0.104. The minimum absolute atomic E-state index is 0.104.